The molecular weight excluding hydrogens is 440 g/mol. The molecule has 4 aromatic rings. The molecule has 0 spiro atoms. The molecule has 0 unspecified atom stereocenters. The first kappa shape index (κ1) is 21.7. The zero-order valence-electron chi connectivity index (χ0n) is 17.9. The van der Waals surface area contributed by atoms with Crippen molar-refractivity contribution < 1.29 is 15.3 Å². The van der Waals surface area contributed by atoms with Crippen molar-refractivity contribution >= 4 is 39.0 Å². The lowest BCUT2D eigenvalue weighted by molar-refractivity contribution is 0.00446. The third-order valence-electron chi connectivity index (χ3n) is 5.88. The summed E-state index contributed by atoms with van der Waals surface area (Å²) in [5, 5.41) is 37.6. The van der Waals surface area contributed by atoms with Gasteiger partial charge in [0.25, 0.3) is 0 Å². The number of nitrogens with zero attached hydrogens (tertiary/aromatic N) is 4. The van der Waals surface area contributed by atoms with E-state index in [9.17, 15) is 15.3 Å². The number of aromatic nitrogens is 4. The van der Waals surface area contributed by atoms with E-state index in [2.05, 4.69) is 20.6 Å². The van der Waals surface area contributed by atoms with Crippen LogP contribution in [0.4, 0.5) is 17.5 Å². The van der Waals surface area contributed by atoms with Crippen molar-refractivity contribution in [3.05, 3.63) is 54.5 Å². The van der Waals surface area contributed by atoms with Gasteiger partial charge in [-0.1, -0.05) is 18.2 Å². The molecule has 33 heavy (non-hydrogen) atoms. The fourth-order valence-corrected chi connectivity index (χ4v) is 5.18. The summed E-state index contributed by atoms with van der Waals surface area (Å²) in [5.41, 5.74) is 3.07. The second-order valence-electron chi connectivity index (χ2n) is 8.12. The van der Waals surface area contributed by atoms with Crippen molar-refractivity contribution in [2.75, 3.05) is 17.2 Å². The topological polar surface area (TPSA) is 136 Å². The number of aryl methyl sites for hydroxylation is 1. The third-order valence-corrected chi connectivity index (χ3v) is 6.94. The molecule has 0 bridgehead atoms. The van der Waals surface area contributed by atoms with Gasteiger partial charge >= 0.3 is 0 Å². The van der Waals surface area contributed by atoms with Crippen LogP contribution in [0.25, 0.3) is 20.8 Å². The van der Waals surface area contributed by atoms with Crippen LogP contribution in [0.3, 0.4) is 0 Å². The van der Waals surface area contributed by atoms with Gasteiger partial charge in [0.15, 0.2) is 0 Å². The molecule has 1 aliphatic rings. The van der Waals surface area contributed by atoms with E-state index in [1.54, 1.807) is 12.4 Å². The second kappa shape index (κ2) is 8.99. The highest BCUT2D eigenvalue weighted by molar-refractivity contribution is 7.21. The van der Waals surface area contributed by atoms with Crippen LogP contribution < -0.4 is 10.6 Å². The zero-order valence-corrected chi connectivity index (χ0v) is 18.7. The highest BCUT2D eigenvalue weighted by Gasteiger charge is 2.41. The second-order valence-corrected chi connectivity index (χ2v) is 9.15. The van der Waals surface area contributed by atoms with E-state index in [1.807, 2.05) is 43.3 Å². The molecule has 3 heterocycles. The molecule has 3 aromatic heterocycles. The van der Waals surface area contributed by atoms with Gasteiger partial charge in [-0.25, -0.2) is 9.97 Å². The summed E-state index contributed by atoms with van der Waals surface area (Å²) in [6, 6.07) is 11.0. The number of para-hydroxylation sites is 1. The largest absolute Gasteiger partial charge is 0.396 e. The molecule has 0 amide bonds. The molecule has 1 fully saturated rings. The zero-order chi connectivity index (χ0) is 22.9. The average Bonchev–Trinajstić information content (AvgIpc) is 3.35. The van der Waals surface area contributed by atoms with E-state index in [-0.39, 0.29) is 6.61 Å². The van der Waals surface area contributed by atoms with Crippen LogP contribution in [-0.2, 0) is 0 Å². The minimum absolute atomic E-state index is 0.197. The first-order valence-corrected chi connectivity index (χ1v) is 11.5. The van der Waals surface area contributed by atoms with Crippen molar-refractivity contribution in [1.29, 1.82) is 0 Å². The van der Waals surface area contributed by atoms with E-state index in [0.29, 0.717) is 23.9 Å². The Morgan fingerprint density at radius 3 is 2.61 bits per heavy atom. The van der Waals surface area contributed by atoms with E-state index in [0.717, 1.165) is 26.5 Å². The van der Waals surface area contributed by atoms with Crippen LogP contribution in [0, 0.1) is 12.8 Å². The molecule has 170 valence electrons. The fourth-order valence-electron chi connectivity index (χ4n) is 4.15. The average molecular weight is 465 g/mol. The van der Waals surface area contributed by atoms with Gasteiger partial charge in [-0.15, -0.1) is 11.3 Å². The van der Waals surface area contributed by atoms with Gasteiger partial charge in [-0.2, -0.15) is 4.98 Å². The van der Waals surface area contributed by atoms with Crippen molar-refractivity contribution in [1.82, 2.24) is 19.9 Å². The Kier molecular flexibility index (Phi) is 5.90. The summed E-state index contributed by atoms with van der Waals surface area (Å²) in [6.45, 7) is 1.69. The molecule has 1 aliphatic carbocycles. The number of rotatable bonds is 6. The predicted molar refractivity (Wildman–Crippen MR) is 128 cm³/mol. The maximum atomic E-state index is 10.6. The number of aliphatic hydroxyl groups excluding tert-OH is 3. The Labute approximate surface area is 194 Å². The Bertz CT molecular complexity index is 1230. The number of nitrogens with one attached hydrogen (secondary N) is 2. The molecular formula is C23H24N6O3S. The Balaban J connectivity index is 1.57. The van der Waals surface area contributed by atoms with Crippen molar-refractivity contribution in [3.63, 3.8) is 0 Å². The maximum absolute atomic E-state index is 10.6. The van der Waals surface area contributed by atoms with Crippen LogP contribution in [0.15, 0.2) is 48.8 Å². The summed E-state index contributed by atoms with van der Waals surface area (Å²) in [7, 11) is 0. The quantitative estimate of drug-likeness (QED) is 0.292. The highest BCUT2D eigenvalue weighted by atomic mass is 32.1. The predicted octanol–water partition coefficient (Wildman–Crippen LogP) is 2.71. The van der Waals surface area contributed by atoms with Gasteiger partial charge in [0.1, 0.15) is 22.4 Å². The number of anilines is 3. The third kappa shape index (κ3) is 4.25. The van der Waals surface area contributed by atoms with Gasteiger partial charge in [-0.05, 0) is 31.5 Å². The highest BCUT2D eigenvalue weighted by Crippen LogP contribution is 2.38. The molecule has 5 rings (SSSR count). The molecule has 0 radical (unpaired) electrons. The summed E-state index contributed by atoms with van der Waals surface area (Å²) in [4.78, 5) is 18.2. The summed E-state index contributed by atoms with van der Waals surface area (Å²) in [6.07, 6.45) is 1.81. The molecule has 9 nitrogen and oxygen atoms in total. The number of hydrogen-bond donors (Lipinski definition) is 5. The number of aliphatic hydroxyl groups is 3. The lowest BCUT2D eigenvalue weighted by atomic mass is 10.1. The first-order chi connectivity index (χ1) is 16.0. The standard InChI is InChI=1S/C23H24N6O3S/c1-12-18(22-28-16-10-24-8-7-17(16)33-22)21(27-15-9-13(11-30)19(31)20(15)32)29-23(25-12)26-14-5-3-2-4-6-14/h2-8,10,13,15,19-20,30-32H,9,11H2,1H3,(H2,25,26,27,29)/t13-,15-,19-,20+/m1/s1. The van der Waals surface area contributed by atoms with Crippen LogP contribution in [0.1, 0.15) is 12.1 Å². The SMILES string of the molecule is Cc1nc(Nc2ccccc2)nc(N[C@@H]2C[C@H](CO)[C@@H](O)[C@H]2O)c1-c1nc2cnccc2s1. The lowest BCUT2D eigenvalue weighted by Gasteiger charge is -2.21. The lowest BCUT2D eigenvalue weighted by Crippen LogP contribution is -2.35. The molecule has 0 saturated heterocycles. The number of benzene rings is 1. The number of fused-ring (bicyclic) bond motifs is 1. The van der Waals surface area contributed by atoms with Gasteiger partial charge in [-0.3, -0.25) is 4.98 Å². The Hall–Kier alpha value is -3.18. The van der Waals surface area contributed by atoms with Gasteiger partial charge in [0, 0.05) is 24.4 Å². The van der Waals surface area contributed by atoms with E-state index >= 15 is 0 Å². The molecule has 1 aromatic carbocycles. The van der Waals surface area contributed by atoms with E-state index < -0.39 is 24.2 Å². The molecule has 1 saturated carbocycles. The van der Waals surface area contributed by atoms with Crippen molar-refractivity contribution in [3.8, 4) is 10.6 Å². The van der Waals surface area contributed by atoms with Crippen molar-refractivity contribution in [2.45, 2.75) is 31.6 Å². The summed E-state index contributed by atoms with van der Waals surface area (Å²) in [5.74, 6) is 0.501. The van der Waals surface area contributed by atoms with Crippen LogP contribution in [0.2, 0.25) is 0 Å². The molecule has 10 heteroatoms. The number of hydrogen-bond acceptors (Lipinski definition) is 10. The van der Waals surface area contributed by atoms with Crippen LogP contribution in [0.5, 0.6) is 0 Å². The number of thiazole rings is 1. The van der Waals surface area contributed by atoms with E-state index in [1.165, 1.54) is 11.3 Å². The van der Waals surface area contributed by atoms with Gasteiger partial charge in [0.05, 0.1) is 34.3 Å². The monoisotopic (exact) mass is 464 g/mol. The fraction of sp³-hybridized carbons (Fsp3) is 0.304. The minimum Gasteiger partial charge on any atom is -0.396 e. The molecule has 5 N–H and O–H groups in total. The Morgan fingerprint density at radius 1 is 1.06 bits per heavy atom. The first-order valence-electron chi connectivity index (χ1n) is 10.7. The van der Waals surface area contributed by atoms with Crippen molar-refractivity contribution in [2.24, 2.45) is 5.92 Å². The summed E-state index contributed by atoms with van der Waals surface area (Å²) >= 11 is 1.51. The summed E-state index contributed by atoms with van der Waals surface area (Å²) < 4.78 is 0.994. The molecule has 0 aliphatic heterocycles. The minimum atomic E-state index is -1.03. The van der Waals surface area contributed by atoms with Crippen LogP contribution in [-0.4, -0.2) is 60.1 Å². The smallest absolute Gasteiger partial charge is 0.229 e. The maximum Gasteiger partial charge on any atom is 0.229 e. The normalized spacial score (nSPS) is 22.5. The Morgan fingerprint density at radius 2 is 1.88 bits per heavy atom. The van der Waals surface area contributed by atoms with Gasteiger partial charge < -0.3 is 26.0 Å². The van der Waals surface area contributed by atoms with Gasteiger partial charge in [0.2, 0.25) is 5.95 Å². The van der Waals surface area contributed by atoms with E-state index in [4.69, 9.17) is 9.97 Å². The number of pyridine rings is 1. The van der Waals surface area contributed by atoms with Crippen LogP contribution >= 0.6 is 11.3 Å². The molecule has 4 atom stereocenters.